The Balaban J connectivity index is 1.19. The Morgan fingerprint density at radius 1 is 0.615 bits per heavy atom. The fourth-order valence-corrected chi connectivity index (χ4v) is 5.61. The molecule has 0 spiro atoms. The van der Waals surface area contributed by atoms with Crippen LogP contribution in [-0.4, -0.2) is 41.5 Å². The number of benzene rings is 5. The molecule has 3 amide bonds. The van der Waals surface area contributed by atoms with Crippen LogP contribution in [0.3, 0.4) is 0 Å². The lowest BCUT2D eigenvalue weighted by atomic mass is 9.87. The van der Waals surface area contributed by atoms with Crippen molar-refractivity contribution in [1.29, 1.82) is 0 Å². The molecule has 0 bridgehead atoms. The van der Waals surface area contributed by atoms with Crippen LogP contribution in [0.15, 0.2) is 109 Å². The molecule has 9 nitrogen and oxygen atoms in total. The van der Waals surface area contributed by atoms with Crippen molar-refractivity contribution in [3.05, 3.63) is 137 Å². The smallest absolute Gasteiger partial charge is 0.266 e. The SMILES string of the molecule is CN(C(=O)c1cc(Oc2ccc3c(c2)C(=O)N(c2cccc(Oc4cccc(Oc5cccc(C(C)(C)C)c5)c4)c2)C3=O)ccc1C=O)C(C)(C)C. The zero-order chi connectivity index (χ0) is 37.4. The number of carbonyl (C=O) groups excluding carboxylic acids is 4. The van der Waals surface area contributed by atoms with E-state index < -0.39 is 17.4 Å². The van der Waals surface area contributed by atoms with Gasteiger partial charge in [0.05, 0.1) is 22.4 Å². The molecule has 264 valence electrons. The highest BCUT2D eigenvalue weighted by Gasteiger charge is 2.37. The van der Waals surface area contributed by atoms with Gasteiger partial charge in [0.2, 0.25) is 0 Å². The maximum absolute atomic E-state index is 13.7. The number of nitrogens with zero attached hydrogens (tertiary/aromatic N) is 2. The number of imide groups is 1. The molecule has 5 aromatic rings. The van der Waals surface area contributed by atoms with Gasteiger partial charge in [-0.1, -0.05) is 45.0 Å². The van der Waals surface area contributed by atoms with Gasteiger partial charge in [-0.2, -0.15) is 0 Å². The van der Waals surface area contributed by atoms with Crippen LogP contribution in [0.25, 0.3) is 0 Å². The van der Waals surface area contributed by atoms with E-state index in [1.54, 1.807) is 60.5 Å². The van der Waals surface area contributed by atoms with Crippen molar-refractivity contribution in [2.24, 2.45) is 0 Å². The Hall–Kier alpha value is -6.22. The Morgan fingerprint density at radius 3 is 1.75 bits per heavy atom. The van der Waals surface area contributed by atoms with Crippen molar-refractivity contribution in [2.45, 2.75) is 52.5 Å². The zero-order valence-corrected chi connectivity index (χ0v) is 30.2. The van der Waals surface area contributed by atoms with Crippen LogP contribution in [-0.2, 0) is 5.41 Å². The summed E-state index contributed by atoms with van der Waals surface area (Å²) in [6.07, 6.45) is 0.626. The molecule has 0 saturated heterocycles. The highest BCUT2D eigenvalue weighted by Crippen LogP contribution is 2.36. The third-order valence-corrected chi connectivity index (χ3v) is 8.84. The quantitative estimate of drug-likeness (QED) is 0.112. The lowest BCUT2D eigenvalue weighted by Crippen LogP contribution is -2.42. The number of hydrogen-bond donors (Lipinski definition) is 0. The van der Waals surface area contributed by atoms with Gasteiger partial charge < -0.3 is 19.1 Å². The number of aldehydes is 1. The molecule has 0 atom stereocenters. The molecule has 52 heavy (non-hydrogen) atoms. The summed E-state index contributed by atoms with van der Waals surface area (Å²) in [4.78, 5) is 54.8. The predicted molar refractivity (Wildman–Crippen MR) is 200 cm³/mol. The molecule has 9 heteroatoms. The second-order valence-electron chi connectivity index (χ2n) is 14.6. The highest BCUT2D eigenvalue weighted by atomic mass is 16.5. The molecule has 0 fully saturated rings. The van der Waals surface area contributed by atoms with Gasteiger partial charge in [0.25, 0.3) is 17.7 Å². The van der Waals surface area contributed by atoms with E-state index in [9.17, 15) is 19.2 Å². The van der Waals surface area contributed by atoms with Crippen molar-refractivity contribution in [3.8, 4) is 34.5 Å². The van der Waals surface area contributed by atoms with E-state index >= 15 is 0 Å². The molecule has 0 saturated carbocycles. The summed E-state index contributed by atoms with van der Waals surface area (Å²) in [5, 5.41) is 0. The molecule has 0 unspecified atom stereocenters. The van der Waals surface area contributed by atoms with Crippen LogP contribution < -0.4 is 19.1 Å². The van der Waals surface area contributed by atoms with Crippen LogP contribution in [0.2, 0.25) is 0 Å². The minimum atomic E-state index is -0.519. The number of ether oxygens (including phenoxy) is 3. The number of anilines is 1. The monoisotopic (exact) mass is 696 g/mol. The molecule has 5 aromatic carbocycles. The van der Waals surface area contributed by atoms with E-state index in [-0.39, 0.29) is 39.3 Å². The van der Waals surface area contributed by atoms with Gasteiger partial charge >= 0.3 is 0 Å². The second kappa shape index (κ2) is 13.8. The normalized spacial score (nSPS) is 12.7. The summed E-state index contributed by atoms with van der Waals surface area (Å²) in [6, 6.07) is 31.1. The van der Waals surface area contributed by atoms with Gasteiger partial charge in [0.1, 0.15) is 34.5 Å². The van der Waals surface area contributed by atoms with Crippen LogP contribution >= 0.6 is 0 Å². The van der Waals surface area contributed by atoms with Crippen LogP contribution in [0.4, 0.5) is 5.69 Å². The fraction of sp³-hybridized carbons (Fsp3) is 0.209. The first-order valence-electron chi connectivity index (χ1n) is 16.9. The van der Waals surface area contributed by atoms with Gasteiger partial charge in [0, 0.05) is 30.3 Å². The number of rotatable bonds is 9. The number of fused-ring (bicyclic) bond motifs is 1. The standard InChI is InChI=1S/C43H40N2O7/c1-42(2,3)28-11-8-13-30(21-28)50-32-15-10-16-33(23-32)51-31-14-9-12-29(22-31)45-40(48)36-20-19-35(25-38(36)41(45)49)52-34-18-17-27(26-46)37(24-34)39(47)44(7)43(4,5)6/h8-26H,1-7H3. The molecule has 1 aliphatic heterocycles. The van der Waals surface area contributed by atoms with E-state index in [1.807, 2.05) is 51.1 Å². The largest absolute Gasteiger partial charge is 0.457 e. The summed E-state index contributed by atoms with van der Waals surface area (Å²) < 4.78 is 18.3. The van der Waals surface area contributed by atoms with Crippen molar-refractivity contribution < 1.29 is 33.4 Å². The molecular formula is C43H40N2O7. The Morgan fingerprint density at radius 2 is 1.13 bits per heavy atom. The number of carbonyl (C=O) groups is 4. The summed E-state index contributed by atoms with van der Waals surface area (Å²) in [5.74, 6) is 1.49. The average Bonchev–Trinajstić information content (AvgIpc) is 3.35. The van der Waals surface area contributed by atoms with Gasteiger partial charge in [-0.05, 0) is 105 Å². The molecule has 0 N–H and O–H groups in total. The topological polar surface area (TPSA) is 102 Å². The number of amides is 3. The molecule has 1 aliphatic rings. The first-order chi connectivity index (χ1) is 24.6. The lowest BCUT2D eigenvalue weighted by Gasteiger charge is -2.32. The first-order valence-corrected chi connectivity index (χ1v) is 16.9. The molecule has 1 heterocycles. The van der Waals surface area contributed by atoms with Gasteiger partial charge in [0.15, 0.2) is 6.29 Å². The maximum Gasteiger partial charge on any atom is 0.266 e. The van der Waals surface area contributed by atoms with E-state index in [0.717, 1.165) is 10.5 Å². The van der Waals surface area contributed by atoms with E-state index in [0.29, 0.717) is 40.7 Å². The van der Waals surface area contributed by atoms with Crippen molar-refractivity contribution >= 4 is 29.7 Å². The molecule has 0 aromatic heterocycles. The molecule has 0 radical (unpaired) electrons. The Labute approximate surface area is 303 Å². The van der Waals surface area contributed by atoms with Gasteiger partial charge in [-0.15, -0.1) is 0 Å². The fourth-order valence-electron chi connectivity index (χ4n) is 5.61. The second-order valence-corrected chi connectivity index (χ2v) is 14.6. The van der Waals surface area contributed by atoms with E-state index in [4.69, 9.17) is 14.2 Å². The summed E-state index contributed by atoms with van der Waals surface area (Å²) in [5.41, 5.74) is 1.82. The minimum Gasteiger partial charge on any atom is -0.457 e. The Bertz CT molecular complexity index is 2210. The summed E-state index contributed by atoms with van der Waals surface area (Å²) >= 11 is 0. The third kappa shape index (κ3) is 7.44. The van der Waals surface area contributed by atoms with Crippen molar-refractivity contribution in [1.82, 2.24) is 4.90 Å². The molecule has 6 rings (SSSR count). The third-order valence-electron chi connectivity index (χ3n) is 8.84. The minimum absolute atomic E-state index is 0.0210. The lowest BCUT2D eigenvalue weighted by molar-refractivity contribution is 0.0652. The Kier molecular flexibility index (Phi) is 9.47. The first kappa shape index (κ1) is 35.6. The summed E-state index contributed by atoms with van der Waals surface area (Å²) in [6.45, 7) is 12.1. The van der Waals surface area contributed by atoms with E-state index in [2.05, 4.69) is 26.8 Å². The predicted octanol–water partition coefficient (Wildman–Crippen LogP) is 9.84. The van der Waals surface area contributed by atoms with Crippen LogP contribution in [0.5, 0.6) is 34.5 Å². The highest BCUT2D eigenvalue weighted by molar-refractivity contribution is 6.34. The van der Waals surface area contributed by atoms with Crippen molar-refractivity contribution in [2.75, 3.05) is 11.9 Å². The van der Waals surface area contributed by atoms with Crippen molar-refractivity contribution in [3.63, 3.8) is 0 Å². The average molecular weight is 697 g/mol. The maximum atomic E-state index is 13.7. The van der Waals surface area contributed by atoms with Crippen LogP contribution in [0.1, 0.15) is 88.5 Å². The van der Waals surface area contributed by atoms with E-state index in [1.165, 1.54) is 24.3 Å². The van der Waals surface area contributed by atoms with Crippen LogP contribution in [0, 0.1) is 0 Å². The molecular weight excluding hydrogens is 656 g/mol. The number of hydrogen-bond acceptors (Lipinski definition) is 7. The molecule has 0 aliphatic carbocycles. The zero-order valence-electron chi connectivity index (χ0n) is 30.2. The van der Waals surface area contributed by atoms with Gasteiger partial charge in [-0.3, -0.25) is 19.2 Å². The summed E-state index contributed by atoms with van der Waals surface area (Å²) in [7, 11) is 1.67. The van der Waals surface area contributed by atoms with Gasteiger partial charge in [-0.25, -0.2) is 4.90 Å².